The van der Waals surface area contributed by atoms with Gasteiger partial charge >= 0.3 is 0 Å². The molecular weight excluding hydrogens is 356 g/mol. The standard InChI is InChI=1S/C21H22N4O3/c1-28-19-5-4-14(9-16(19)13-26)11-25-8-6-18-17(12-25)21(27)24-20(23-18)15-3-2-7-22-10-15/h2-5,7,9-10,26H,6,8,11-13H2,1H3,(H,23,24,27). The van der Waals surface area contributed by atoms with E-state index in [-0.39, 0.29) is 12.2 Å². The highest BCUT2D eigenvalue weighted by molar-refractivity contribution is 5.53. The van der Waals surface area contributed by atoms with Gasteiger partial charge < -0.3 is 14.8 Å². The number of pyridine rings is 1. The van der Waals surface area contributed by atoms with Crippen LogP contribution >= 0.6 is 0 Å². The van der Waals surface area contributed by atoms with Gasteiger partial charge in [0.15, 0.2) is 0 Å². The lowest BCUT2D eigenvalue weighted by Gasteiger charge is -2.28. The van der Waals surface area contributed by atoms with Gasteiger partial charge in [0.1, 0.15) is 11.6 Å². The molecule has 0 aliphatic carbocycles. The van der Waals surface area contributed by atoms with Crippen LogP contribution in [0.15, 0.2) is 47.5 Å². The first-order chi connectivity index (χ1) is 13.7. The maximum atomic E-state index is 12.6. The number of aromatic amines is 1. The van der Waals surface area contributed by atoms with Crippen molar-refractivity contribution < 1.29 is 9.84 Å². The Balaban J connectivity index is 1.55. The molecule has 0 unspecified atom stereocenters. The first kappa shape index (κ1) is 18.3. The van der Waals surface area contributed by atoms with Gasteiger partial charge in [-0.15, -0.1) is 0 Å². The van der Waals surface area contributed by atoms with Crippen molar-refractivity contribution in [2.75, 3.05) is 13.7 Å². The van der Waals surface area contributed by atoms with Crippen molar-refractivity contribution in [2.24, 2.45) is 0 Å². The fourth-order valence-electron chi connectivity index (χ4n) is 3.57. The van der Waals surface area contributed by atoms with Crippen LogP contribution in [0.2, 0.25) is 0 Å². The number of hydrogen-bond donors (Lipinski definition) is 2. The summed E-state index contributed by atoms with van der Waals surface area (Å²) in [6.45, 7) is 1.99. The largest absolute Gasteiger partial charge is 0.496 e. The van der Waals surface area contributed by atoms with Crippen molar-refractivity contribution in [3.05, 3.63) is 75.5 Å². The highest BCUT2D eigenvalue weighted by Crippen LogP contribution is 2.23. The molecule has 0 spiro atoms. The minimum Gasteiger partial charge on any atom is -0.496 e. The van der Waals surface area contributed by atoms with Crippen molar-refractivity contribution in [1.82, 2.24) is 19.9 Å². The Morgan fingerprint density at radius 1 is 1.32 bits per heavy atom. The van der Waals surface area contributed by atoms with Gasteiger partial charge in [0, 0.05) is 49.6 Å². The summed E-state index contributed by atoms with van der Waals surface area (Å²) in [5.74, 6) is 1.24. The number of aliphatic hydroxyl groups excluding tert-OH is 1. The highest BCUT2D eigenvalue weighted by atomic mass is 16.5. The van der Waals surface area contributed by atoms with E-state index in [1.165, 1.54) is 0 Å². The molecule has 0 amide bonds. The van der Waals surface area contributed by atoms with Crippen molar-refractivity contribution in [3.63, 3.8) is 0 Å². The molecule has 0 bridgehead atoms. The van der Waals surface area contributed by atoms with E-state index in [9.17, 15) is 9.90 Å². The second-order valence-electron chi connectivity index (χ2n) is 6.85. The van der Waals surface area contributed by atoms with Gasteiger partial charge in [-0.2, -0.15) is 0 Å². The Morgan fingerprint density at radius 3 is 2.96 bits per heavy atom. The van der Waals surface area contributed by atoms with E-state index in [2.05, 4.69) is 19.9 Å². The van der Waals surface area contributed by atoms with E-state index in [1.54, 1.807) is 19.5 Å². The van der Waals surface area contributed by atoms with Gasteiger partial charge in [-0.05, 0) is 29.8 Å². The highest BCUT2D eigenvalue weighted by Gasteiger charge is 2.22. The first-order valence-corrected chi connectivity index (χ1v) is 9.19. The molecule has 2 N–H and O–H groups in total. The molecule has 1 aliphatic rings. The molecule has 1 aliphatic heterocycles. The van der Waals surface area contributed by atoms with Crippen LogP contribution in [0.5, 0.6) is 5.75 Å². The lowest BCUT2D eigenvalue weighted by Crippen LogP contribution is -2.35. The monoisotopic (exact) mass is 378 g/mol. The van der Waals surface area contributed by atoms with E-state index in [0.717, 1.165) is 40.9 Å². The molecule has 1 aromatic carbocycles. The predicted octanol–water partition coefficient (Wildman–Crippen LogP) is 1.89. The number of aliphatic hydroxyl groups is 1. The van der Waals surface area contributed by atoms with Gasteiger partial charge in [0.05, 0.1) is 25.0 Å². The number of aromatic nitrogens is 3. The molecule has 0 radical (unpaired) electrons. The van der Waals surface area contributed by atoms with Crippen LogP contribution in [0.3, 0.4) is 0 Å². The van der Waals surface area contributed by atoms with Crippen molar-refractivity contribution >= 4 is 0 Å². The van der Waals surface area contributed by atoms with Crippen LogP contribution < -0.4 is 10.3 Å². The lowest BCUT2D eigenvalue weighted by atomic mass is 10.0. The van der Waals surface area contributed by atoms with E-state index in [4.69, 9.17) is 4.74 Å². The van der Waals surface area contributed by atoms with Crippen molar-refractivity contribution in [3.8, 4) is 17.1 Å². The van der Waals surface area contributed by atoms with Crippen LogP contribution in [0.4, 0.5) is 0 Å². The fraction of sp³-hybridized carbons (Fsp3) is 0.286. The van der Waals surface area contributed by atoms with E-state index < -0.39 is 0 Å². The molecule has 28 heavy (non-hydrogen) atoms. The summed E-state index contributed by atoms with van der Waals surface area (Å²) in [5.41, 5.74) is 4.11. The molecule has 0 saturated carbocycles. The number of benzene rings is 1. The lowest BCUT2D eigenvalue weighted by molar-refractivity contribution is 0.241. The van der Waals surface area contributed by atoms with Crippen LogP contribution in [-0.4, -0.2) is 38.6 Å². The van der Waals surface area contributed by atoms with Crippen LogP contribution in [0.1, 0.15) is 22.4 Å². The number of hydrogen-bond acceptors (Lipinski definition) is 6. The Hall–Kier alpha value is -3.03. The second-order valence-corrected chi connectivity index (χ2v) is 6.85. The summed E-state index contributed by atoms with van der Waals surface area (Å²) in [4.78, 5) is 26.5. The summed E-state index contributed by atoms with van der Waals surface area (Å²) in [6, 6.07) is 9.51. The maximum absolute atomic E-state index is 12.6. The topological polar surface area (TPSA) is 91.3 Å². The average Bonchev–Trinajstić information content (AvgIpc) is 2.74. The average molecular weight is 378 g/mol. The molecule has 4 rings (SSSR count). The van der Waals surface area contributed by atoms with Gasteiger partial charge in [-0.1, -0.05) is 6.07 Å². The van der Waals surface area contributed by atoms with Gasteiger partial charge in [0.25, 0.3) is 5.56 Å². The number of methoxy groups -OCH3 is 1. The zero-order valence-corrected chi connectivity index (χ0v) is 15.7. The summed E-state index contributed by atoms with van der Waals surface area (Å²) in [7, 11) is 1.59. The Bertz CT molecular complexity index is 1030. The summed E-state index contributed by atoms with van der Waals surface area (Å²) in [5, 5.41) is 9.51. The molecule has 7 nitrogen and oxygen atoms in total. The second kappa shape index (κ2) is 7.92. The van der Waals surface area contributed by atoms with Gasteiger partial charge in [0.2, 0.25) is 0 Å². The van der Waals surface area contributed by atoms with E-state index >= 15 is 0 Å². The van der Waals surface area contributed by atoms with Crippen LogP contribution in [-0.2, 0) is 26.1 Å². The third kappa shape index (κ3) is 3.67. The Kier molecular flexibility index (Phi) is 5.18. The SMILES string of the molecule is COc1ccc(CN2CCc3nc(-c4cccnc4)[nH]c(=O)c3C2)cc1CO. The van der Waals surface area contributed by atoms with Gasteiger partial charge in [-0.25, -0.2) is 4.98 Å². The summed E-state index contributed by atoms with van der Waals surface area (Å²) in [6.07, 6.45) is 4.11. The number of rotatable bonds is 5. The third-order valence-electron chi connectivity index (χ3n) is 5.00. The molecule has 0 saturated heterocycles. The number of nitrogens with one attached hydrogen (secondary N) is 1. The Labute approximate surface area is 162 Å². The molecule has 3 aromatic rings. The van der Waals surface area contributed by atoms with Crippen LogP contribution in [0.25, 0.3) is 11.4 Å². The normalized spacial score (nSPS) is 13.9. The first-order valence-electron chi connectivity index (χ1n) is 9.19. The number of fused-ring (bicyclic) bond motifs is 1. The fourth-order valence-corrected chi connectivity index (χ4v) is 3.57. The molecule has 0 atom stereocenters. The molecule has 0 fully saturated rings. The number of H-pyrrole nitrogens is 1. The molecular formula is C21H22N4O3. The maximum Gasteiger partial charge on any atom is 0.255 e. The van der Waals surface area contributed by atoms with E-state index in [1.807, 2.05) is 30.3 Å². The molecule has 144 valence electrons. The van der Waals surface area contributed by atoms with E-state index in [0.29, 0.717) is 24.7 Å². The quantitative estimate of drug-likeness (QED) is 0.705. The number of ether oxygens (including phenoxy) is 1. The summed E-state index contributed by atoms with van der Waals surface area (Å²) >= 11 is 0. The molecule has 2 aromatic heterocycles. The van der Waals surface area contributed by atoms with Gasteiger partial charge in [-0.3, -0.25) is 14.7 Å². The van der Waals surface area contributed by atoms with Crippen LogP contribution in [0, 0.1) is 0 Å². The van der Waals surface area contributed by atoms with Crippen molar-refractivity contribution in [1.29, 1.82) is 0 Å². The Morgan fingerprint density at radius 2 is 2.21 bits per heavy atom. The predicted molar refractivity (Wildman–Crippen MR) is 105 cm³/mol. The van der Waals surface area contributed by atoms with Crippen molar-refractivity contribution in [2.45, 2.75) is 26.1 Å². The zero-order chi connectivity index (χ0) is 19.5. The smallest absolute Gasteiger partial charge is 0.255 e. The zero-order valence-electron chi connectivity index (χ0n) is 15.7. The minimum atomic E-state index is -0.0978. The third-order valence-corrected chi connectivity index (χ3v) is 5.00. The minimum absolute atomic E-state index is 0.0689. The number of nitrogens with zero attached hydrogens (tertiary/aromatic N) is 3. The molecule has 7 heteroatoms. The molecule has 3 heterocycles. The summed E-state index contributed by atoms with van der Waals surface area (Å²) < 4.78 is 5.26.